The third-order valence-corrected chi connectivity index (χ3v) is 6.34. The molecule has 0 spiro atoms. The quantitative estimate of drug-likeness (QED) is 0.272. The molecule has 0 radical (unpaired) electrons. The van der Waals surface area contributed by atoms with E-state index in [-0.39, 0.29) is 12.5 Å². The first-order valence-electron chi connectivity index (χ1n) is 8.97. The Hall–Kier alpha value is -2.19. The minimum atomic E-state index is -0.156. The van der Waals surface area contributed by atoms with Gasteiger partial charge in [-0.05, 0) is 61.0 Å². The molecule has 3 rings (SSSR count). The molecule has 0 aliphatic heterocycles. The standard InChI is InChI=1S/C21H19ClIN5OS/c1-28(2)10-4-6-19(29)24-9-3-5-15-12-16-20(25-13-26-21(16)30-15)27-14-7-8-18(23)17(22)11-14/h4,6-8,11-13H,9-10H2,1-2H3,(H,24,29)(H,25,26,27)/b6-4+. The Labute approximate surface area is 197 Å². The second-order valence-electron chi connectivity index (χ2n) is 6.49. The lowest BCUT2D eigenvalue weighted by atomic mass is 10.3. The number of likely N-dealkylation sites (N-methyl/N-ethyl adjacent to an activating group) is 1. The van der Waals surface area contributed by atoms with Gasteiger partial charge in [-0.1, -0.05) is 29.5 Å². The first kappa shape index (κ1) is 22.5. The number of thiophene rings is 1. The number of rotatable bonds is 6. The maximum absolute atomic E-state index is 11.7. The fourth-order valence-corrected chi connectivity index (χ4v) is 3.81. The summed E-state index contributed by atoms with van der Waals surface area (Å²) in [6, 6.07) is 7.70. The number of hydrogen-bond acceptors (Lipinski definition) is 6. The van der Waals surface area contributed by atoms with Crippen molar-refractivity contribution in [1.82, 2.24) is 20.2 Å². The first-order valence-corrected chi connectivity index (χ1v) is 11.2. The third kappa shape index (κ3) is 6.40. The molecule has 3 aromatic rings. The largest absolute Gasteiger partial charge is 0.342 e. The van der Waals surface area contributed by atoms with Crippen LogP contribution in [0.15, 0.2) is 42.7 Å². The van der Waals surface area contributed by atoms with Crippen molar-refractivity contribution in [1.29, 1.82) is 0 Å². The Balaban J connectivity index is 1.67. The fraction of sp³-hybridized carbons (Fsp3) is 0.190. The van der Waals surface area contributed by atoms with Gasteiger partial charge in [0.25, 0.3) is 0 Å². The van der Waals surface area contributed by atoms with Crippen LogP contribution in [0.5, 0.6) is 0 Å². The molecule has 2 heterocycles. The molecule has 2 aromatic heterocycles. The van der Waals surface area contributed by atoms with E-state index in [9.17, 15) is 4.79 Å². The lowest BCUT2D eigenvalue weighted by molar-refractivity contribution is -0.116. The zero-order valence-corrected chi connectivity index (χ0v) is 20.1. The first-order chi connectivity index (χ1) is 14.4. The predicted molar refractivity (Wildman–Crippen MR) is 132 cm³/mol. The Bertz CT molecular complexity index is 1150. The molecule has 30 heavy (non-hydrogen) atoms. The maximum atomic E-state index is 11.7. The Morgan fingerprint density at radius 1 is 1.33 bits per heavy atom. The van der Waals surface area contributed by atoms with Crippen LogP contribution in [0.4, 0.5) is 11.5 Å². The number of carbonyl (C=O) groups is 1. The number of nitrogens with zero attached hydrogens (tertiary/aromatic N) is 3. The lowest BCUT2D eigenvalue weighted by Crippen LogP contribution is -2.21. The predicted octanol–water partition coefficient (Wildman–Crippen LogP) is 4.28. The van der Waals surface area contributed by atoms with Crippen LogP contribution in [0.1, 0.15) is 4.88 Å². The van der Waals surface area contributed by atoms with Crippen molar-refractivity contribution in [2.75, 3.05) is 32.5 Å². The van der Waals surface area contributed by atoms with E-state index in [1.165, 1.54) is 23.7 Å². The minimum absolute atomic E-state index is 0.156. The number of hydrogen-bond donors (Lipinski definition) is 2. The molecule has 1 aromatic carbocycles. The van der Waals surface area contributed by atoms with Crippen LogP contribution < -0.4 is 10.6 Å². The van der Waals surface area contributed by atoms with Gasteiger partial charge in [-0.3, -0.25) is 4.79 Å². The Morgan fingerprint density at radius 3 is 2.93 bits per heavy atom. The summed E-state index contributed by atoms with van der Waals surface area (Å²) < 4.78 is 0.987. The van der Waals surface area contributed by atoms with E-state index >= 15 is 0 Å². The number of benzene rings is 1. The number of halogens is 2. The summed E-state index contributed by atoms with van der Waals surface area (Å²) in [6.07, 6.45) is 4.85. The van der Waals surface area contributed by atoms with E-state index in [0.29, 0.717) is 17.4 Å². The van der Waals surface area contributed by atoms with E-state index in [2.05, 4.69) is 55.0 Å². The summed E-state index contributed by atoms with van der Waals surface area (Å²) in [5, 5.41) is 7.61. The summed E-state index contributed by atoms with van der Waals surface area (Å²) >= 11 is 9.87. The molecule has 0 saturated heterocycles. The van der Waals surface area contributed by atoms with Crippen molar-refractivity contribution in [3.05, 3.63) is 56.2 Å². The molecule has 0 bridgehead atoms. The van der Waals surface area contributed by atoms with Crippen LogP contribution in [0.2, 0.25) is 5.02 Å². The van der Waals surface area contributed by atoms with Crippen LogP contribution in [-0.4, -0.2) is 48.0 Å². The molecule has 2 N–H and O–H groups in total. The fourth-order valence-electron chi connectivity index (χ4n) is 2.42. The van der Waals surface area contributed by atoms with E-state index < -0.39 is 0 Å². The number of anilines is 2. The van der Waals surface area contributed by atoms with Gasteiger partial charge in [0.05, 0.1) is 21.8 Å². The van der Waals surface area contributed by atoms with Crippen LogP contribution in [0.3, 0.4) is 0 Å². The highest BCUT2D eigenvalue weighted by atomic mass is 127. The van der Waals surface area contributed by atoms with Crippen molar-refractivity contribution >= 4 is 73.2 Å². The maximum Gasteiger partial charge on any atom is 0.244 e. The summed E-state index contributed by atoms with van der Waals surface area (Å²) in [7, 11) is 3.89. The highest BCUT2D eigenvalue weighted by molar-refractivity contribution is 14.1. The van der Waals surface area contributed by atoms with Crippen LogP contribution in [0, 0.1) is 15.4 Å². The summed E-state index contributed by atoms with van der Waals surface area (Å²) in [5.74, 6) is 6.59. The van der Waals surface area contributed by atoms with Gasteiger partial charge in [0.1, 0.15) is 17.0 Å². The average molecular weight is 552 g/mol. The van der Waals surface area contributed by atoms with Gasteiger partial charge in [0.15, 0.2) is 0 Å². The van der Waals surface area contributed by atoms with Gasteiger partial charge >= 0.3 is 0 Å². The molecule has 1 amide bonds. The summed E-state index contributed by atoms with van der Waals surface area (Å²) in [5.41, 5.74) is 0.851. The van der Waals surface area contributed by atoms with Gasteiger partial charge in [-0.2, -0.15) is 0 Å². The van der Waals surface area contributed by atoms with Crippen molar-refractivity contribution in [2.24, 2.45) is 0 Å². The van der Waals surface area contributed by atoms with Crippen LogP contribution in [0.25, 0.3) is 10.2 Å². The van der Waals surface area contributed by atoms with Crippen molar-refractivity contribution < 1.29 is 4.79 Å². The summed E-state index contributed by atoms with van der Waals surface area (Å²) in [6.45, 7) is 0.990. The number of nitrogens with one attached hydrogen (secondary N) is 2. The van der Waals surface area contributed by atoms with Gasteiger partial charge in [-0.15, -0.1) is 11.3 Å². The zero-order valence-electron chi connectivity index (χ0n) is 16.4. The minimum Gasteiger partial charge on any atom is -0.342 e. The molecule has 0 fully saturated rings. The lowest BCUT2D eigenvalue weighted by Gasteiger charge is -2.07. The molecule has 0 aliphatic rings. The number of aromatic nitrogens is 2. The monoisotopic (exact) mass is 551 g/mol. The van der Waals surface area contributed by atoms with Crippen molar-refractivity contribution in [3.63, 3.8) is 0 Å². The molecule has 9 heteroatoms. The molecule has 154 valence electrons. The Kier molecular flexibility index (Phi) is 8.04. The van der Waals surface area contributed by atoms with E-state index in [1.807, 2.05) is 49.3 Å². The van der Waals surface area contributed by atoms with Gasteiger partial charge in [-0.25, -0.2) is 9.97 Å². The van der Waals surface area contributed by atoms with Gasteiger partial charge in [0.2, 0.25) is 5.91 Å². The number of amides is 1. The smallest absolute Gasteiger partial charge is 0.244 e. The van der Waals surface area contributed by atoms with Gasteiger partial charge < -0.3 is 15.5 Å². The molecule has 0 saturated carbocycles. The normalized spacial score (nSPS) is 11.0. The molecular formula is C21H19ClIN5OS. The average Bonchev–Trinajstić information content (AvgIpc) is 3.12. The summed E-state index contributed by atoms with van der Waals surface area (Å²) in [4.78, 5) is 24.1. The van der Waals surface area contributed by atoms with Crippen LogP contribution in [-0.2, 0) is 4.79 Å². The molecule has 0 atom stereocenters. The second kappa shape index (κ2) is 10.7. The topological polar surface area (TPSA) is 70.2 Å². The highest BCUT2D eigenvalue weighted by Crippen LogP contribution is 2.30. The second-order valence-corrected chi connectivity index (χ2v) is 9.09. The van der Waals surface area contributed by atoms with E-state index in [4.69, 9.17) is 11.6 Å². The Morgan fingerprint density at radius 2 is 2.17 bits per heavy atom. The molecule has 0 aliphatic carbocycles. The van der Waals surface area contributed by atoms with Crippen molar-refractivity contribution in [2.45, 2.75) is 0 Å². The molecular weight excluding hydrogens is 533 g/mol. The third-order valence-electron chi connectivity index (χ3n) is 3.81. The van der Waals surface area contributed by atoms with E-state index in [1.54, 1.807) is 0 Å². The van der Waals surface area contributed by atoms with Crippen molar-refractivity contribution in [3.8, 4) is 11.8 Å². The van der Waals surface area contributed by atoms with E-state index in [0.717, 1.165) is 24.4 Å². The number of fused-ring (bicyclic) bond motifs is 1. The number of carbonyl (C=O) groups excluding carboxylic acids is 1. The highest BCUT2D eigenvalue weighted by Gasteiger charge is 2.09. The van der Waals surface area contributed by atoms with Crippen LogP contribution >= 0.6 is 45.5 Å². The molecule has 0 unspecified atom stereocenters. The zero-order chi connectivity index (χ0) is 21.5. The molecule has 6 nitrogen and oxygen atoms in total. The van der Waals surface area contributed by atoms with Gasteiger partial charge in [0, 0.05) is 21.9 Å². The SMILES string of the molecule is CN(C)C/C=C/C(=O)NCC#Cc1cc2c(Nc3ccc(I)c(Cl)c3)ncnc2s1.